The number of rotatable bonds is 2. The number of hydrogen-bond acceptors (Lipinski definition) is 1. The topological polar surface area (TPSA) is 29.1 Å². The van der Waals surface area contributed by atoms with E-state index in [4.69, 9.17) is 0 Å². The first-order valence-electron chi connectivity index (χ1n) is 6.19. The highest BCUT2D eigenvalue weighted by Gasteiger charge is 2.16. The van der Waals surface area contributed by atoms with E-state index in [1.165, 1.54) is 24.0 Å². The Morgan fingerprint density at radius 2 is 2.00 bits per heavy atom. The van der Waals surface area contributed by atoms with Gasteiger partial charge in [0, 0.05) is 0 Å². The molecule has 1 N–H and O–H groups in total. The van der Waals surface area contributed by atoms with E-state index in [1.807, 2.05) is 19.9 Å². The number of fused-ring (bicyclic) bond motifs is 1. The Balaban J connectivity index is 0.000000606. The highest BCUT2D eigenvalue weighted by atomic mass is 16.1. The summed E-state index contributed by atoms with van der Waals surface area (Å²) in [4.78, 5) is 10.5. The molecule has 1 amide bonds. The molecule has 2 nitrogen and oxygen atoms in total. The summed E-state index contributed by atoms with van der Waals surface area (Å²) in [6, 6.07) is 8.64. The van der Waals surface area contributed by atoms with Crippen LogP contribution in [0.1, 0.15) is 50.3 Å². The Labute approximate surface area is 98.1 Å². The van der Waals surface area contributed by atoms with Gasteiger partial charge < -0.3 is 5.32 Å². The van der Waals surface area contributed by atoms with Crippen LogP contribution < -0.4 is 5.32 Å². The Hall–Kier alpha value is -1.31. The van der Waals surface area contributed by atoms with Crippen LogP contribution in [0.3, 0.4) is 0 Å². The lowest BCUT2D eigenvalue weighted by Gasteiger charge is -2.16. The van der Waals surface area contributed by atoms with Gasteiger partial charge in [0.1, 0.15) is 0 Å². The molecule has 1 unspecified atom stereocenters. The molecule has 88 valence electrons. The van der Waals surface area contributed by atoms with Gasteiger partial charge in [-0.2, -0.15) is 0 Å². The summed E-state index contributed by atoms with van der Waals surface area (Å²) >= 11 is 0. The maximum absolute atomic E-state index is 10.5. The lowest BCUT2D eigenvalue weighted by atomic mass is 9.99. The quantitative estimate of drug-likeness (QED) is 0.600. The number of nitrogens with one attached hydrogen (secondary N) is 1. The number of aryl methyl sites for hydroxylation is 1. The van der Waals surface area contributed by atoms with E-state index >= 15 is 0 Å². The van der Waals surface area contributed by atoms with Crippen LogP contribution in [0, 0.1) is 0 Å². The summed E-state index contributed by atoms with van der Waals surface area (Å²) in [7, 11) is 0. The molecule has 0 saturated carbocycles. The van der Waals surface area contributed by atoms with Crippen molar-refractivity contribution < 1.29 is 4.79 Å². The summed E-state index contributed by atoms with van der Waals surface area (Å²) in [5, 5.41) is 2.90. The zero-order chi connectivity index (χ0) is 11.8. The highest BCUT2D eigenvalue weighted by molar-refractivity contribution is 5.48. The second-order valence-electron chi connectivity index (χ2n) is 3.78. The van der Waals surface area contributed by atoms with Gasteiger partial charge in [-0.25, -0.2) is 0 Å². The molecule has 0 aliphatic heterocycles. The average molecular weight is 219 g/mol. The van der Waals surface area contributed by atoms with E-state index in [-0.39, 0.29) is 6.04 Å². The van der Waals surface area contributed by atoms with Crippen molar-refractivity contribution >= 4 is 6.41 Å². The third-order valence-corrected chi connectivity index (χ3v) is 2.89. The fourth-order valence-corrected chi connectivity index (χ4v) is 2.18. The van der Waals surface area contributed by atoms with Gasteiger partial charge in [0.25, 0.3) is 0 Å². The van der Waals surface area contributed by atoms with Crippen LogP contribution in [0.5, 0.6) is 0 Å². The minimum absolute atomic E-state index is 0.228. The van der Waals surface area contributed by atoms with Gasteiger partial charge in [0.15, 0.2) is 0 Å². The maximum Gasteiger partial charge on any atom is 0.207 e. The summed E-state index contributed by atoms with van der Waals surface area (Å²) < 4.78 is 0. The van der Waals surface area contributed by atoms with E-state index in [2.05, 4.69) is 23.5 Å². The molecule has 0 saturated heterocycles. The molecule has 0 bridgehead atoms. The van der Waals surface area contributed by atoms with Crippen LogP contribution in [-0.4, -0.2) is 6.41 Å². The van der Waals surface area contributed by atoms with Crippen LogP contribution in [-0.2, 0) is 11.2 Å². The average Bonchev–Trinajstić information content (AvgIpc) is 2.55. The van der Waals surface area contributed by atoms with Gasteiger partial charge in [0.05, 0.1) is 6.04 Å². The standard InChI is InChI=1S/C12H15NO.C2H6/c14-9-13-12-8-4-2-6-10-5-1-3-7-11(10)12;1-2/h1,3,5,7,9,12H,2,4,6,8H2,(H,13,14);1-2H3. The normalized spacial score (nSPS) is 18.5. The molecule has 0 heterocycles. The smallest absolute Gasteiger partial charge is 0.207 e. The molecule has 0 radical (unpaired) electrons. The maximum atomic E-state index is 10.5. The number of amides is 1. The third kappa shape index (κ3) is 3.09. The van der Waals surface area contributed by atoms with Gasteiger partial charge in [-0.05, 0) is 30.4 Å². The van der Waals surface area contributed by atoms with Crippen molar-refractivity contribution in [2.24, 2.45) is 0 Å². The number of hydrogen-bond donors (Lipinski definition) is 1. The molecular weight excluding hydrogens is 198 g/mol. The van der Waals surface area contributed by atoms with Crippen molar-refractivity contribution in [2.75, 3.05) is 0 Å². The molecule has 1 aromatic carbocycles. The van der Waals surface area contributed by atoms with Crippen molar-refractivity contribution in [3.05, 3.63) is 35.4 Å². The van der Waals surface area contributed by atoms with Crippen LogP contribution in [0.4, 0.5) is 0 Å². The molecule has 0 fully saturated rings. The first kappa shape index (κ1) is 12.8. The van der Waals surface area contributed by atoms with Crippen LogP contribution in [0.15, 0.2) is 24.3 Å². The van der Waals surface area contributed by atoms with Gasteiger partial charge >= 0.3 is 0 Å². The summed E-state index contributed by atoms with van der Waals surface area (Å²) in [5.74, 6) is 0. The van der Waals surface area contributed by atoms with Crippen molar-refractivity contribution in [1.82, 2.24) is 5.32 Å². The fraction of sp³-hybridized carbons (Fsp3) is 0.500. The summed E-state index contributed by atoms with van der Waals surface area (Å²) in [6.45, 7) is 4.00. The molecule has 16 heavy (non-hydrogen) atoms. The molecule has 0 aromatic heterocycles. The van der Waals surface area contributed by atoms with Crippen molar-refractivity contribution in [3.63, 3.8) is 0 Å². The lowest BCUT2D eigenvalue weighted by Crippen LogP contribution is -2.19. The summed E-state index contributed by atoms with van der Waals surface area (Å²) in [6.07, 6.45) is 5.45. The monoisotopic (exact) mass is 219 g/mol. The van der Waals surface area contributed by atoms with Crippen molar-refractivity contribution in [1.29, 1.82) is 0 Å². The minimum Gasteiger partial charge on any atom is -0.352 e. The zero-order valence-electron chi connectivity index (χ0n) is 10.2. The molecular formula is C14H21NO. The largest absolute Gasteiger partial charge is 0.352 e. The van der Waals surface area contributed by atoms with Gasteiger partial charge in [-0.15, -0.1) is 0 Å². The lowest BCUT2D eigenvalue weighted by molar-refractivity contribution is -0.110. The van der Waals surface area contributed by atoms with E-state index < -0.39 is 0 Å². The Kier molecular flexibility index (Phi) is 5.62. The van der Waals surface area contributed by atoms with Crippen LogP contribution >= 0.6 is 0 Å². The van der Waals surface area contributed by atoms with E-state index in [0.29, 0.717) is 0 Å². The van der Waals surface area contributed by atoms with Gasteiger partial charge in [0.2, 0.25) is 6.41 Å². The first-order valence-corrected chi connectivity index (χ1v) is 6.19. The third-order valence-electron chi connectivity index (χ3n) is 2.89. The van der Waals surface area contributed by atoms with Crippen molar-refractivity contribution in [2.45, 2.75) is 45.6 Å². The summed E-state index contributed by atoms with van der Waals surface area (Å²) in [5.41, 5.74) is 2.70. The minimum atomic E-state index is 0.228. The predicted molar refractivity (Wildman–Crippen MR) is 67.3 cm³/mol. The molecule has 2 heteroatoms. The Morgan fingerprint density at radius 1 is 1.25 bits per heavy atom. The van der Waals surface area contributed by atoms with E-state index in [0.717, 1.165) is 19.3 Å². The molecule has 0 spiro atoms. The zero-order valence-corrected chi connectivity index (χ0v) is 10.2. The van der Waals surface area contributed by atoms with E-state index in [9.17, 15) is 4.79 Å². The number of carbonyl (C=O) groups is 1. The molecule has 2 rings (SSSR count). The fourth-order valence-electron chi connectivity index (χ4n) is 2.18. The molecule has 1 atom stereocenters. The SMILES string of the molecule is CC.O=CNC1CCCCc2ccccc21. The molecule has 1 aromatic rings. The number of benzene rings is 1. The van der Waals surface area contributed by atoms with Crippen LogP contribution in [0.25, 0.3) is 0 Å². The Bertz CT molecular complexity index is 322. The van der Waals surface area contributed by atoms with Crippen molar-refractivity contribution in [3.8, 4) is 0 Å². The van der Waals surface area contributed by atoms with Gasteiger partial charge in [-0.1, -0.05) is 44.5 Å². The number of carbonyl (C=O) groups excluding carboxylic acids is 1. The van der Waals surface area contributed by atoms with E-state index in [1.54, 1.807) is 0 Å². The predicted octanol–water partition coefficient (Wildman–Crippen LogP) is 3.23. The molecule has 1 aliphatic rings. The van der Waals surface area contributed by atoms with Gasteiger partial charge in [-0.3, -0.25) is 4.79 Å². The second kappa shape index (κ2) is 7.04. The first-order chi connectivity index (χ1) is 7.92. The van der Waals surface area contributed by atoms with Crippen LogP contribution in [0.2, 0.25) is 0 Å². The highest BCUT2D eigenvalue weighted by Crippen LogP contribution is 2.27. The second-order valence-corrected chi connectivity index (χ2v) is 3.78. The molecule has 1 aliphatic carbocycles. The Morgan fingerprint density at radius 3 is 2.75 bits per heavy atom.